The number of aromatic nitrogens is 4. The van der Waals surface area contributed by atoms with Gasteiger partial charge in [-0.2, -0.15) is 15.3 Å². The molecule has 1 aromatic carbocycles. The van der Waals surface area contributed by atoms with Gasteiger partial charge in [-0.3, -0.25) is 9.89 Å². The smallest absolute Gasteiger partial charge is 0.227 e. The zero-order valence-electron chi connectivity index (χ0n) is 20.3. The van der Waals surface area contributed by atoms with E-state index in [1.54, 1.807) is 0 Å². The molecule has 0 unspecified atom stereocenters. The maximum atomic E-state index is 12.1. The average molecular weight is 471 g/mol. The minimum atomic E-state index is 0.0942. The number of nitriles is 1. The Balaban J connectivity index is 1.45. The van der Waals surface area contributed by atoms with E-state index in [0.717, 1.165) is 86.4 Å². The van der Waals surface area contributed by atoms with Gasteiger partial charge in [-0.15, -0.1) is 0 Å². The summed E-state index contributed by atoms with van der Waals surface area (Å²) in [6, 6.07) is 6.52. The predicted molar refractivity (Wildman–Crippen MR) is 134 cm³/mol. The van der Waals surface area contributed by atoms with Crippen LogP contribution in [0.3, 0.4) is 0 Å². The Labute approximate surface area is 204 Å². The van der Waals surface area contributed by atoms with Crippen molar-refractivity contribution in [1.82, 2.24) is 25.1 Å². The van der Waals surface area contributed by atoms with Gasteiger partial charge in [0.1, 0.15) is 11.6 Å². The van der Waals surface area contributed by atoms with Gasteiger partial charge in [0.05, 0.1) is 17.4 Å². The highest BCUT2D eigenvalue weighted by Crippen LogP contribution is 2.43. The predicted octanol–water partition coefficient (Wildman–Crippen LogP) is 3.25. The Bertz CT molecular complexity index is 1340. The molecule has 6 rings (SSSR count). The summed E-state index contributed by atoms with van der Waals surface area (Å²) in [7, 11) is 0. The third kappa shape index (κ3) is 3.51. The summed E-state index contributed by atoms with van der Waals surface area (Å²) >= 11 is 0. The first-order valence-electron chi connectivity index (χ1n) is 12.5. The Morgan fingerprint density at radius 1 is 1.14 bits per heavy atom. The first-order valence-corrected chi connectivity index (χ1v) is 12.5. The van der Waals surface area contributed by atoms with Gasteiger partial charge in [0.2, 0.25) is 11.9 Å². The van der Waals surface area contributed by atoms with Gasteiger partial charge in [0.15, 0.2) is 5.82 Å². The molecule has 3 fully saturated rings. The number of carbonyl (C=O) groups excluding carboxylic acids is 1. The number of nitrogens with one attached hydrogen (secondary N) is 1. The molecule has 35 heavy (non-hydrogen) atoms. The average Bonchev–Trinajstić information content (AvgIpc) is 3.62. The Morgan fingerprint density at radius 3 is 2.69 bits per heavy atom. The van der Waals surface area contributed by atoms with E-state index < -0.39 is 0 Å². The third-order valence-electron chi connectivity index (χ3n) is 7.89. The molecule has 0 atom stereocenters. The molecule has 1 spiro atoms. The van der Waals surface area contributed by atoms with Crippen LogP contribution in [0.15, 0.2) is 18.3 Å². The molecule has 2 aromatic heterocycles. The Kier molecular flexibility index (Phi) is 5.13. The molecule has 5 heterocycles. The van der Waals surface area contributed by atoms with Crippen molar-refractivity contribution in [1.29, 1.82) is 5.26 Å². The number of amides is 1. The van der Waals surface area contributed by atoms with Crippen molar-refractivity contribution in [2.24, 2.45) is 5.41 Å². The topological polar surface area (TPSA) is 105 Å². The highest BCUT2D eigenvalue weighted by molar-refractivity contribution is 5.97. The lowest BCUT2D eigenvalue weighted by molar-refractivity contribution is -0.141. The monoisotopic (exact) mass is 470 g/mol. The normalized spacial score (nSPS) is 18.9. The van der Waals surface area contributed by atoms with Crippen LogP contribution in [0.4, 0.5) is 11.8 Å². The number of H-pyrrole nitrogens is 1. The van der Waals surface area contributed by atoms with E-state index in [1.165, 1.54) is 0 Å². The fourth-order valence-electron chi connectivity index (χ4n) is 5.99. The number of rotatable bonds is 4. The van der Waals surface area contributed by atoms with Crippen LogP contribution >= 0.6 is 0 Å². The van der Waals surface area contributed by atoms with Gasteiger partial charge in [0.25, 0.3) is 0 Å². The second-order valence-corrected chi connectivity index (χ2v) is 10.2. The summed E-state index contributed by atoms with van der Waals surface area (Å²) in [5.41, 5.74) is 4.21. The minimum Gasteiger partial charge on any atom is -0.355 e. The largest absolute Gasteiger partial charge is 0.355 e. The molecule has 1 N–H and O–H groups in total. The molecule has 0 radical (unpaired) electrons. The van der Waals surface area contributed by atoms with E-state index in [4.69, 9.17) is 9.97 Å². The van der Waals surface area contributed by atoms with Gasteiger partial charge < -0.3 is 14.7 Å². The summed E-state index contributed by atoms with van der Waals surface area (Å²) in [4.78, 5) is 28.6. The van der Waals surface area contributed by atoms with Gasteiger partial charge in [0, 0.05) is 62.1 Å². The number of nitrogens with zero attached hydrogens (tertiary/aromatic N) is 7. The molecule has 0 aliphatic carbocycles. The number of likely N-dealkylation sites (tertiary alicyclic amines) is 1. The van der Waals surface area contributed by atoms with Crippen molar-refractivity contribution >= 4 is 28.6 Å². The summed E-state index contributed by atoms with van der Waals surface area (Å²) in [6.45, 7) is 9.05. The fraction of sp³-hybridized carbons (Fsp3) is 0.500. The quantitative estimate of drug-likeness (QED) is 0.624. The van der Waals surface area contributed by atoms with E-state index in [0.29, 0.717) is 23.6 Å². The van der Waals surface area contributed by atoms with Gasteiger partial charge >= 0.3 is 0 Å². The van der Waals surface area contributed by atoms with Crippen molar-refractivity contribution < 1.29 is 4.79 Å². The van der Waals surface area contributed by atoms with Crippen LogP contribution < -0.4 is 9.80 Å². The molecule has 180 valence electrons. The minimum absolute atomic E-state index is 0.0942. The molecule has 0 bridgehead atoms. The van der Waals surface area contributed by atoms with Crippen LogP contribution in [0.1, 0.15) is 43.7 Å². The highest BCUT2D eigenvalue weighted by Gasteiger charge is 2.49. The summed E-state index contributed by atoms with van der Waals surface area (Å²) in [5.74, 6) is 1.64. The van der Waals surface area contributed by atoms with Crippen LogP contribution in [0, 0.1) is 23.7 Å². The molecule has 3 aliphatic rings. The zero-order valence-corrected chi connectivity index (χ0v) is 20.3. The van der Waals surface area contributed by atoms with Crippen molar-refractivity contribution in [2.45, 2.75) is 39.5 Å². The van der Waals surface area contributed by atoms with Crippen molar-refractivity contribution in [2.75, 3.05) is 49.1 Å². The SMILES string of the molecule is CCC(=O)N1CC2(CCN(c3nc(N4CCCC4)nc(-c4c(C)ccc5[nH]ncc45)c3C#N)C2)C1. The number of aromatic amines is 1. The lowest BCUT2D eigenvalue weighted by Crippen LogP contribution is -2.59. The first-order chi connectivity index (χ1) is 17.0. The maximum absolute atomic E-state index is 12.1. The van der Waals surface area contributed by atoms with Crippen molar-refractivity contribution in [3.05, 3.63) is 29.5 Å². The van der Waals surface area contributed by atoms with Gasteiger partial charge in [-0.25, -0.2) is 4.98 Å². The maximum Gasteiger partial charge on any atom is 0.227 e. The zero-order chi connectivity index (χ0) is 24.2. The summed E-state index contributed by atoms with van der Waals surface area (Å²) in [5, 5.41) is 18.6. The molecule has 9 heteroatoms. The lowest BCUT2D eigenvalue weighted by Gasteiger charge is -2.48. The lowest BCUT2D eigenvalue weighted by atomic mass is 9.79. The molecule has 1 amide bonds. The molecule has 9 nitrogen and oxygen atoms in total. The first kappa shape index (κ1) is 21.8. The summed E-state index contributed by atoms with van der Waals surface area (Å²) < 4.78 is 0. The van der Waals surface area contributed by atoms with Crippen LogP contribution in [0.5, 0.6) is 0 Å². The number of fused-ring (bicyclic) bond motifs is 1. The second kappa shape index (κ2) is 8.22. The van der Waals surface area contributed by atoms with Crippen LogP contribution in [0.25, 0.3) is 22.2 Å². The highest BCUT2D eigenvalue weighted by atomic mass is 16.2. The van der Waals surface area contributed by atoms with Gasteiger partial charge in [-0.05, 0) is 37.8 Å². The third-order valence-corrected chi connectivity index (χ3v) is 7.89. The van der Waals surface area contributed by atoms with Crippen molar-refractivity contribution in [3.63, 3.8) is 0 Å². The standard InChI is InChI=1S/C26H30N8O/c1-3-21(35)34-15-26(16-34)8-11-33(14-26)24-18(12-27)23(29-25(30-24)32-9-4-5-10-32)22-17(2)6-7-20-19(22)13-28-31-20/h6-7,13H,3-5,8-11,14-16H2,1-2H3,(H,28,31). The number of hydrogen-bond acceptors (Lipinski definition) is 7. The van der Waals surface area contributed by atoms with Crippen LogP contribution in [0.2, 0.25) is 0 Å². The van der Waals surface area contributed by atoms with Crippen LogP contribution in [-0.4, -0.2) is 70.2 Å². The Hall–Kier alpha value is -3.67. The second-order valence-electron chi connectivity index (χ2n) is 10.2. The van der Waals surface area contributed by atoms with E-state index in [9.17, 15) is 10.1 Å². The fourth-order valence-corrected chi connectivity index (χ4v) is 5.99. The Morgan fingerprint density at radius 2 is 1.94 bits per heavy atom. The molecule has 0 saturated carbocycles. The summed E-state index contributed by atoms with van der Waals surface area (Å²) in [6.07, 6.45) is 5.61. The van der Waals surface area contributed by atoms with E-state index in [2.05, 4.69) is 33.0 Å². The van der Waals surface area contributed by atoms with Crippen molar-refractivity contribution in [3.8, 4) is 17.3 Å². The van der Waals surface area contributed by atoms with E-state index in [1.807, 2.05) is 30.2 Å². The molecule has 3 aliphatic heterocycles. The number of aryl methyl sites for hydroxylation is 1. The molecule has 3 aromatic rings. The molecular formula is C26H30N8O. The number of benzene rings is 1. The van der Waals surface area contributed by atoms with Crippen LogP contribution in [-0.2, 0) is 4.79 Å². The number of hydrogen-bond donors (Lipinski definition) is 1. The molecular weight excluding hydrogens is 440 g/mol. The van der Waals surface area contributed by atoms with Gasteiger partial charge in [-0.1, -0.05) is 13.0 Å². The van der Waals surface area contributed by atoms with E-state index >= 15 is 0 Å². The number of carbonyl (C=O) groups is 1. The number of anilines is 2. The molecule has 3 saturated heterocycles. The van der Waals surface area contributed by atoms with E-state index in [-0.39, 0.29) is 11.3 Å².